The highest BCUT2D eigenvalue weighted by Crippen LogP contribution is 2.30. The summed E-state index contributed by atoms with van der Waals surface area (Å²) in [6, 6.07) is 0. The molecule has 0 aromatic carbocycles. The fourth-order valence-corrected chi connectivity index (χ4v) is 2.44. The zero-order valence-corrected chi connectivity index (χ0v) is 11.4. The van der Waals surface area contributed by atoms with Gasteiger partial charge in [-0.25, -0.2) is 0 Å². The van der Waals surface area contributed by atoms with E-state index < -0.39 is 0 Å². The van der Waals surface area contributed by atoms with E-state index in [0.717, 1.165) is 25.7 Å². The van der Waals surface area contributed by atoms with Gasteiger partial charge in [0.1, 0.15) is 5.78 Å². The van der Waals surface area contributed by atoms with E-state index in [1.165, 1.54) is 0 Å². The van der Waals surface area contributed by atoms with Gasteiger partial charge >= 0.3 is 0 Å². The largest absolute Gasteiger partial charge is 0.373 e. The molecule has 0 spiro atoms. The number of hydrogen-bond acceptors (Lipinski definition) is 2. The number of hydrogen-bond donors (Lipinski definition) is 0. The summed E-state index contributed by atoms with van der Waals surface area (Å²) in [5.41, 5.74) is -0.0560. The number of ether oxygens (including phenoxy) is 1. The fraction of sp³-hybridized carbons (Fsp3) is 0.929. The third kappa shape index (κ3) is 4.25. The van der Waals surface area contributed by atoms with Crippen molar-refractivity contribution in [3.05, 3.63) is 0 Å². The van der Waals surface area contributed by atoms with Crippen molar-refractivity contribution in [2.24, 2.45) is 11.8 Å². The Labute approximate surface area is 99.8 Å². The van der Waals surface area contributed by atoms with Gasteiger partial charge in [-0.15, -0.1) is 0 Å². The van der Waals surface area contributed by atoms with Crippen LogP contribution in [0.25, 0.3) is 0 Å². The normalized spacial score (nSPS) is 27.1. The van der Waals surface area contributed by atoms with Crippen LogP contribution in [0.3, 0.4) is 0 Å². The Kier molecular flexibility index (Phi) is 4.54. The summed E-state index contributed by atoms with van der Waals surface area (Å²) in [6.45, 7) is 10.3. The average Bonchev–Trinajstić information content (AvgIpc) is 2.15. The van der Waals surface area contributed by atoms with Gasteiger partial charge < -0.3 is 4.74 Å². The second kappa shape index (κ2) is 5.31. The van der Waals surface area contributed by atoms with Crippen LogP contribution in [0.1, 0.15) is 60.3 Å². The molecule has 0 saturated heterocycles. The molecule has 1 saturated carbocycles. The molecule has 0 heterocycles. The van der Waals surface area contributed by atoms with Crippen molar-refractivity contribution < 1.29 is 9.53 Å². The highest BCUT2D eigenvalue weighted by molar-refractivity contribution is 5.82. The molecule has 0 aromatic heterocycles. The maximum Gasteiger partial charge on any atom is 0.138 e. The molecule has 94 valence electrons. The molecular weight excluding hydrogens is 200 g/mol. The number of ketones is 1. The number of carbonyl (C=O) groups is 1. The monoisotopic (exact) mass is 226 g/mol. The van der Waals surface area contributed by atoms with Crippen LogP contribution in [-0.2, 0) is 9.53 Å². The topological polar surface area (TPSA) is 26.3 Å². The Morgan fingerprint density at radius 1 is 1.12 bits per heavy atom. The second-order valence-corrected chi connectivity index (χ2v) is 6.26. The summed E-state index contributed by atoms with van der Waals surface area (Å²) >= 11 is 0. The second-order valence-electron chi connectivity index (χ2n) is 6.26. The van der Waals surface area contributed by atoms with E-state index >= 15 is 0 Å². The van der Waals surface area contributed by atoms with E-state index in [-0.39, 0.29) is 11.5 Å². The lowest BCUT2D eigenvalue weighted by molar-refractivity contribution is -0.129. The van der Waals surface area contributed by atoms with Gasteiger partial charge in [0.05, 0.1) is 11.7 Å². The molecule has 0 unspecified atom stereocenters. The minimum absolute atomic E-state index is 0.0560. The fourth-order valence-electron chi connectivity index (χ4n) is 2.44. The predicted molar refractivity (Wildman–Crippen MR) is 66.4 cm³/mol. The molecule has 0 radical (unpaired) electrons. The number of carbonyl (C=O) groups excluding carboxylic acids is 1. The van der Waals surface area contributed by atoms with Crippen molar-refractivity contribution in [2.45, 2.75) is 72.0 Å². The van der Waals surface area contributed by atoms with E-state index in [2.05, 4.69) is 20.8 Å². The first kappa shape index (κ1) is 13.7. The Hall–Kier alpha value is -0.370. The Morgan fingerprint density at radius 3 is 2.00 bits per heavy atom. The molecule has 0 aromatic rings. The van der Waals surface area contributed by atoms with Crippen molar-refractivity contribution in [1.29, 1.82) is 0 Å². The zero-order valence-electron chi connectivity index (χ0n) is 11.4. The average molecular weight is 226 g/mol. The van der Waals surface area contributed by atoms with Gasteiger partial charge in [-0.05, 0) is 46.5 Å². The van der Waals surface area contributed by atoms with Crippen LogP contribution in [0.5, 0.6) is 0 Å². The van der Waals surface area contributed by atoms with Crippen LogP contribution in [-0.4, -0.2) is 17.5 Å². The Bertz CT molecular complexity index is 230. The van der Waals surface area contributed by atoms with Crippen LogP contribution in [0.2, 0.25) is 0 Å². The van der Waals surface area contributed by atoms with Crippen molar-refractivity contribution in [3.8, 4) is 0 Å². The number of rotatable bonds is 3. The molecular formula is C14H26O2. The molecule has 1 fully saturated rings. The first-order valence-corrected chi connectivity index (χ1v) is 6.51. The van der Waals surface area contributed by atoms with E-state index in [1.54, 1.807) is 0 Å². The minimum Gasteiger partial charge on any atom is -0.373 e. The third-order valence-corrected chi connectivity index (χ3v) is 3.17. The summed E-state index contributed by atoms with van der Waals surface area (Å²) in [5.74, 6) is 0.916. The van der Waals surface area contributed by atoms with Crippen LogP contribution >= 0.6 is 0 Å². The first-order valence-electron chi connectivity index (χ1n) is 6.51. The minimum atomic E-state index is -0.0560. The summed E-state index contributed by atoms with van der Waals surface area (Å²) in [4.78, 5) is 11.8. The van der Waals surface area contributed by atoms with Gasteiger partial charge in [0.2, 0.25) is 0 Å². The molecule has 1 rings (SSSR count). The van der Waals surface area contributed by atoms with Crippen LogP contribution in [0, 0.1) is 11.8 Å². The molecule has 2 heteroatoms. The van der Waals surface area contributed by atoms with Gasteiger partial charge in [-0.1, -0.05) is 13.8 Å². The number of Topliss-reactive ketones (excluding diaryl/α,β-unsaturated/α-hetero) is 1. The van der Waals surface area contributed by atoms with Crippen molar-refractivity contribution in [3.63, 3.8) is 0 Å². The van der Waals surface area contributed by atoms with E-state index in [0.29, 0.717) is 17.8 Å². The predicted octanol–water partition coefficient (Wildman–Crippen LogP) is 3.59. The SMILES string of the molecule is CC(C)C(=O)C1CCC(OC(C)(C)C)CC1. The van der Waals surface area contributed by atoms with Crippen molar-refractivity contribution in [1.82, 2.24) is 0 Å². The van der Waals surface area contributed by atoms with Crippen LogP contribution < -0.4 is 0 Å². The first-order chi connectivity index (χ1) is 7.29. The maximum atomic E-state index is 11.8. The quantitative estimate of drug-likeness (QED) is 0.735. The van der Waals surface area contributed by atoms with Gasteiger partial charge in [0.25, 0.3) is 0 Å². The standard InChI is InChI=1S/C14H26O2/c1-10(2)13(15)11-6-8-12(9-7-11)16-14(3,4)5/h10-12H,6-9H2,1-5H3. The molecule has 0 N–H and O–H groups in total. The van der Waals surface area contributed by atoms with Gasteiger partial charge in [-0.2, -0.15) is 0 Å². The van der Waals surface area contributed by atoms with Crippen LogP contribution in [0.15, 0.2) is 0 Å². The molecule has 0 amide bonds. The maximum absolute atomic E-state index is 11.8. The van der Waals surface area contributed by atoms with Gasteiger partial charge in [-0.3, -0.25) is 4.79 Å². The lowest BCUT2D eigenvalue weighted by Gasteiger charge is -2.33. The third-order valence-electron chi connectivity index (χ3n) is 3.17. The van der Waals surface area contributed by atoms with Crippen molar-refractivity contribution >= 4 is 5.78 Å². The molecule has 2 nitrogen and oxygen atoms in total. The van der Waals surface area contributed by atoms with Crippen LogP contribution in [0.4, 0.5) is 0 Å². The van der Waals surface area contributed by atoms with Crippen molar-refractivity contribution in [2.75, 3.05) is 0 Å². The van der Waals surface area contributed by atoms with E-state index in [4.69, 9.17) is 4.74 Å². The smallest absolute Gasteiger partial charge is 0.138 e. The molecule has 1 aliphatic rings. The highest BCUT2D eigenvalue weighted by atomic mass is 16.5. The summed E-state index contributed by atoms with van der Waals surface area (Å²) in [7, 11) is 0. The van der Waals surface area contributed by atoms with E-state index in [1.807, 2.05) is 13.8 Å². The van der Waals surface area contributed by atoms with E-state index in [9.17, 15) is 4.79 Å². The Balaban J connectivity index is 2.37. The molecule has 16 heavy (non-hydrogen) atoms. The Morgan fingerprint density at radius 2 is 1.62 bits per heavy atom. The highest BCUT2D eigenvalue weighted by Gasteiger charge is 2.29. The molecule has 0 aliphatic heterocycles. The summed E-state index contributed by atoms with van der Waals surface area (Å²) in [5, 5.41) is 0. The lowest BCUT2D eigenvalue weighted by Crippen LogP contribution is -2.33. The summed E-state index contributed by atoms with van der Waals surface area (Å²) in [6.07, 6.45) is 4.47. The molecule has 0 bridgehead atoms. The molecule has 0 atom stereocenters. The molecule has 1 aliphatic carbocycles. The lowest BCUT2D eigenvalue weighted by atomic mass is 9.81. The van der Waals surface area contributed by atoms with Gasteiger partial charge in [0, 0.05) is 11.8 Å². The summed E-state index contributed by atoms with van der Waals surface area (Å²) < 4.78 is 5.96. The van der Waals surface area contributed by atoms with Gasteiger partial charge in [0.15, 0.2) is 0 Å². The zero-order chi connectivity index (χ0) is 12.3.